The second kappa shape index (κ2) is 11.7. The number of aromatic nitrogens is 3. The normalized spacial score (nSPS) is 15.5. The van der Waals surface area contributed by atoms with Gasteiger partial charge in [-0.1, -0.05) is 67.0 Å². The number of pyridine rings is 1. The van der Waals surface area contributed by atoms with Gasteiger partial charge in [-0.3, -0.25) is 14.7 Å². The molecule has 0 amide bonds. The van der Waals surface area contributed by atoms with E-state index in [0.717, 1.165) is 53.9 Å². The Morgan fingerprint density at radius 3 is 2.46 bits per heavy atom. The number of benzene rings is 2. The number of hydrogen-bond donors (Lipinski definition) is 1. The summed E-state index contributed by atoms with van der Waals surface area (Å²) in [6.45, 7) is 6.58. The molecule has 0 atom stereocenters. The highest BCUT2D eigenvalue weighted by molar-refractivity contribution is 6.31. The lowest BCUT2D eigenvalue weighted by Crippen LogP contribution is -2.45. The van der Waals surface area contributed by atoms with Crippen LogP contribution in [0.25, 0.3) is 22.8 Å². The Morgan fingerprint density at radius 1 is 1.08 bits per heavy atom. The van der Waals surface area contributed by atoms with Crippen molar-refractivity contribution in [1.29, 1.82) is 0 Å². The summed E-state index contributed by atoms with van der Waals surface area (Å²) in [6.07, 6.45) is 6.14. The zero-order valence-corrected chi connectivity index (χ0v) is 23.1. The van der Waals surface area contributed by atoms with Crippen molar-refractivity contribution >= 4 is 17.6 Å². The third-order valence-corrected chi connectivity index (χ3v) is 7.86. The van der Waals surface area contributed by atoms with Gasteiger partial charge in [0.15, 0.2) is 0 Å². The van der Waals surface area contributed by atoms with Gasteiger partial charge in [-0.05, 0) is 79.6 Å². The number of halogens is 1. The molecule has 0 radical (unpaired) electrons. The Balaban J connectivity index is 1.20. The van der Waals surface area contributed by atoms with Crippen LogP contribution in [-0.2, 0) is 24.2 Å². The first-order valence-electron chi connectivity index (χ1n) is 13.4. The van der Waals surface area contributed by atoms with E-state index >= 15 is 0 Å². The maximum absolute atomic E-state index is 12.2. The van der Waals surface area contributed by atoms with E-state index in [-0.39, 0.29) is 0 Å². The Labute approximate surface area is 233 Å². The Hall–Kier alpha value is -3.55. The molecule has 8 heteroatoms. The van der Waals surface area contributed by atoms with E-state index in [9.17, 15) is 9.90 Å². The predicted octanol–water partition coefficient (Wildman–Crippen LogP) is 6.56. The molecule has 7 nitrogen and oxygen atoms in total. The second-order valence-electron chi connectivity index (χ2n) is 10.9. The van der Waals surface area contributed by atoms with Crippen molar-refractivity contribution in [2.45, 2.75) is 46.1 Å². The van der Waals surface area contributed by atoms with Crippen LogP contribution in [0.2, 0.25) is 5.02 Å². The molecule has 0 aliphatic carbocycles. The first-order chi connectivity index (χ1) is 18.8. The van der Waals surface area contributed by atoms with Gasteiger partial charge in [0.25, 0.3) is 5.89 Å². The fourth-order valence-corrected chi connectivity index (χ4v) is 5.52. The van der Waals surface area contributed by atoms with Gasteiger partial charge >= 0.3 is 5.97 Å². The number of likely N-dealkylation sites (tertiary alicyclic amines) is 1. The summed E-state index contributed by atoms with van der Waals surface area (Å²) in [5, 5.41) is 14.9. The molecule has 1 N–H and O–H groups in total. The van der Waals surface area contributed by atoms with Crippen LogP contribution in [0.4, 0.5) is 0 Å². The fraction of sp³-hybridized carbons (Fsp3) is 0.355. The van der Waals surface area contributed by atoms with Gasteiger partial charge < -0.3 is 9.63 Å². The van der Waals surface area contributed by atoms with Crippen molar-refractivity contribution in [3.05, 3.63) is 88.7 Å². The average molecular weight is 545 g/mol. The van der Waals surface area contributed by atoms with Crippen LogP contribution in [-0.4, -0.2) is 44.2 Å². The summed E-state index contributed by atoms with van der Waals surface area (Å²) in [7, 11) is 0. The monoisotopic (exact) mass is 544 g/mol. The molecule has 2 aromatic carbocycles. The molecule has 202 valence electrons. The molecule has 0 spiro atoms. The van der Waals surface area contributed by atoms with Crippen LogP contribution in [0.15, 0.2) is 71.5 Å². The van der Waals surface area contributed by atoms with Crippen molar-refractivity contribution in [2.75, 3.05) is 13.1 Å². The van der Waals surface area contributed by atoms with E-state index in [2.05, 4.69) is 46.0 Å². The maximum Gasteiger partial charge on any atom is 0.310 e. The summed E-state index contributed by atoms with van der Waals surface area (Å²) in [6, 6.07) is 17.8. The summed E-state index contributed by atoms with van der Waals surface area (Å²) in [5.41, 5.74) is 4.18. The molecular formula is C31H33ClN4O3. The first-order valence-corrected chi connectivity index (χ1v) is 13.8. The Kier molecular flexibility index (Phi) is 8.10. The van der Waals surface area contributed by atoms with Crippen LogP contribution in [0, 0.1) is 11.3 Å². The molecule has 1 saturated heterocycles. The highest BCUT2D eigenvalue weighted by Gasteiger charge is 2.41. The molecule has 5 rings (SSSR count). The van der Waals surface area contributed by atoms with Crippen molar-refractivity contribution in [3.63, 3.8) is 0 Å². The molecule has 0 bridgehead atoms. The zero-order chi connectivity index (χ0) is 27.4. The van der Waals surface area contributed by atoms with E-state index in [1.165, 1.54) is 0 Å². The quantitative estimate of drug-likeness (QED) is 0.255. The van der Waals surface area contributed by atoms with Crippen LogP contribution >= 0.6 is 11.6 Å². The standard InChI is InChI=1S/C31H33ClN4O3/c1-21(2)16-25-9-10-26(17-27(25)32)29-34-28(35-39-29)24-7-5-22(6-8-24)20-36-14-11-31(12-15-36,30(37)38)18-23-4-3-13-33-19-23/h3-10,13,17,19,21H,11-12,14-16,18,20H2,1-2H3,(H,37,38). The summed E-state index contributed by atoms with van der Waals surface area (Å²) >= 11 is 6.49. The number of carbonyl (C=O) groups is 1. The van der Waals surface area contributed by atoms with E-state index in [1.807, 2.05) is 42.5 Å². The molecule has 1 aliphatic heterocycles. The van der Waals surface area contributed by atoms with E-state index < -0.39 is 11.4 Å². The highest BCUT2D eigenvalue weighted by Crippen LogP contribution is 2.36. The van der Waals surface area contributed by atoms with Crippen LogP contribution in [0.5, 0.6) is 0 Å². The van der Waals surface area contributed by atoms with Crippen LogP contribution < -0.4 is 0 Å². The maximum atomic E-state index is 12.2. The van der Waals surface area contributed by atoms with Crippen molar-refractivity contribution in [3.8, 4) is 22.8 Å². The minimum absolute atomic E-state index is 0.439. The molecular weight excluding hydrogens is 512 g/mol. The van der Waals surface area contributed by atoms with E-state index in [1.54, 1.807) is 12.4 Å². The number of hydrogen-bond acceptors (Lipinski definition) is 6. The van der Waals surface area contributed by atoms with Gasteiger partial charge in [0.05, 0.1) is 5.41 Å². The van der Waals surface area contributed by atoms with Gasteiger partial charge in [0, 0.05) is 35.1 Å². The third kappa shape index (κ3) is 6.37. The summed E-state index contributed by atoms with van der Waals surface area (Å²) in [4.78, 5) is 23.3. The largest absolute Gasteiger partial charge is 0.481 e. The topological polar surface area (TPSA) is 92.4 Å². The number of carboxylic acids is 1. The lowest BCUT2D eigenvalue weighted by atomic mass is 9.74. The van der Waals surface area contributed by atoms with Crippen molar-refractivity contribution in [1.82, 2.24) is 20.0 Å². The fourth-order valence-electron chi connectivity index (χ4n) is 5.26. The second-order valence-corrected chi connectivity index (χ2v) is 11.3. The molecule has 0 unspecified atom stereocenters. The Morgan fingerprint density at radius 2 is 1.82 bits per heavy atom. The van der Waals surface area contributed by atoms with E-state index in [0.29, 0.717) is 41.9 Å². The SMILES string of the molecule is CC(C)Cc1ccc(-c2nc(-c3ccc(CN4CCC(Cc5cccnc5)(C(=O)O)CC4)cc3)no2)cc1Cl. The number of aliphatic carboxylic acids is 1. The number of rotatable bonds is 9. The molecule has 0 saturated carbocycles. The zero-order valence-electron chi connectivity index (χ0n) is 22.3. The molecule has 4 aromatic rings. The summed E-state index contributed by atoms with van der Waals surface area (Å²) in [5.74, 6) is 0.771. The van der Waals surface area contributed by atoms with Crippen LogP contribution in [0.1, 0.15) is 43.4 Å². The molecule has 1 aliphatic rings. The van der Waals surface area contributed by atoms with Gasteiger partial charge in [-0.2, -0.15) is 4.98 Å². The number of piperidine rings is 1. The number of nitrogens with zero attached hydrogens (tertiary/aromatic N) is 4. The van der Waals surface area contributed by atoms with Crippen molar-refractivity contribution in [2.24, 2.45) is 11.3 Å². The van der Waals surface area contributed by atoms with Crippen LogP contribution in [0.3, 0.4) is 0 Å². The predicted molar refractivity (Wildman–Crippen MR) is 151 cm³/mol. The summed E-state index contributed by atoms with van der Waals surface area (Å²) < 4.78 is 5.53. The third-order valence-electron chi connectivity index (χ3n) is 7.50. The smallest absolute Gasteiger partial charge is 0.310 e. The molecule has 39 heavy (non-hydrogen) atoms. The van der Waals surface area contributed by atoms with Crippen molar-refractivity contribution < 1.29 is 14.4 Å². The first kappa shape index (κ1) is 27.0. The van der Waals surface area contributed by atoms with E-state index in [4.69, 9.17) is 16.1 Å². The lowest BCUT2D eigenvalue weighted by Gasteiger charge is -2.39. The minimum Gasteiger partial charge on any atom is -0.481 e. The molecule has 2 aromatic heterocycles. The van der Waals surface area contributed by atoms with Gasteiger partial charge in [-0.15, -0.1) is 0 Å². The van der Waals surface area contributed by atoms with Gasteiger partial charge in [0.1, 0.15) is 0 Å². The number of carboxylic acid groups (broad SMARTS) is 1. The molecule has 3 heterocycles. The molecule has 1 fully saturated rings. The highest BCUT2D eigenvalue weighted by atomic mass is 35.5. The van der Waals surface area contributed by atoms with Gasteiger partial charge in [-0.25, -0.2) is 0 Å². The Bertz CT molecular complexity index is 1410. The van der Waals surface area contributed by atoms with Gasteiger partial charge in [0.2, 0.25) is 5.82 Å². The average Bonchev–Trinajstić information content (AvgIpc) is 3.42. The lowest BCUT2D eigenvalue weighted by molar-refractivity contribution is -0.152. The minimum atomic E-state index is -0.737.